The minimum absolute atomic E-state index is 0.0942. The van der Waals surface area contributed by atoms with Crippen molar-refractivity contribution in [2.24, 2.45) is 0 Å². The molecule has 0 spiro atoms. The van der Waals surface area contributed by atoms with Gasteiger partial charge in [-0.25, -0.2) is 0 Å². The van der Waals surface area contributed by atoms with Gasteiger partial charge in [0, 0.05) is 13.1 Å². The van der Waals surface area contributed by atoms with Gasteiger partial charge in [-0.2, -0.15) is 0 Å². The van der Waals surface area contributed by atoms with E-state index in [4.69, 9.17) is 4.74 Å². The van der Waals surface area contributed by atoms with Crippen LogP contribution >= 0.6 is 0 Å². The van der Waals surface area contributed by atoms with Crippen molar-refractivity contribution in [1.82, 2.24) is 10.2 Å². The van der Waals surface area contributed by atoms with Crippen molar-refractivity contribution in [2.45, 2.75) is 46.6 Å². The number of carbonyl (C=O) groups excluding carboxylic acids is 2. The smallest absolute Gasteiger partial charge is 0.261 e. The quantitative estimate of drug-likeness (QED) is 0.667. The Hall–Kier alpha value is -2.82. The van der Waals surface area contributed by atoms with Crippen molar-refractivity contribution in [1.29, 1.82) is 0 Å². The molecule has 0 aliphatic heterocycles. The highest BCUT2D eigenvalue weighted by molar-refractivity contribution is 5.87. The van der Waals surface area contributed by atoms with E-state index < -0.39 is 6.04 Å². The maximum absolute atomic E-state index is 12.9. The van der Waals surface area contributed by atoms with Crippen LogP contribution in [0.4, 0.5) is 0 Å². The maximum atomic E-state index is 12.9. The Bertz CT molecular complexity index is 785. The van der Waals surface area contributed by atoms with E-state index >= 15 is 0 Å². The first-order valence-corrected chi connectivity index (χ1v) is 10.2. The normalized spacial score (nSPS) is 11.6. The van der Waals surface area contributed by atoms with Gasteiger partial charge in [0.2, 0.25) is 5.91 Å². The fraction of sp³-hybridized carbons (Fsp3) is 0.417. The first-order chi connectivity index (χ1) is 13.9. The van der Waals surface area contributed by atoms with Crippen LogP contribution in [0.15, 0.2) is 48.5 Å². The van der Waals surface area contributed by atoms with E-state index in [0.29, 0.717) is 25.3 Å². The van der Waals surface area contributed by atoms with Gasteiger partial charge < -0.3 is 15.0 Å². The molecule has 0 radical (unpaired) electrons. The summed E-state index contributed by atoms with van der Waals surface area (Å²) >= 11 is 0. The van der Waals surface area contributed by atoms with Crippen LogP contribution in [0.5, 0.6) is 5.75 Å². The zero-order valence-corrected chi connectivity index (χ0v) is 17.9. The topological polar surface area (TPSA) is 58.6 Å². The third-order valence-electron chi connectivity index (χ3n) is 4.76. The Balaban J connectivity index is 2.07. The van der Waals surface area contributed by atoms with Gasteiger partial charge in [0.25, 0.3) is 5.91 Å². The number of aryl methyl sites for hydroxylation is 2. The van der Waals surface area contributed by atoms with Crippen LogP contribution in [0.1, 0.15) is 37.0 Å². The number of carbonyl (C=O) groups is 2. The van der Waals surface area contributed by atoms with Crippen molar-refractivity contribution in [2.75, 3.05) is 19.7 Å². The van der Waals surface area contributed by atoms with Crippen molar-refractivity contribution < 1.29 is 14.3 Å². The van der Waals surface area contributed by atoms with Crippen molar-refractivity contribution in [3.8, 4) is 5.75 Å². The second-order valence-corrected chi connectivity index (χ2v) is 7.40. The number of nitrogens with zero attached hydrogens (tertiary/aromatic N) is 1. The number of amides is 2. The van der Waals surface area contributed by atoms with Gasteiger partial charge in [-0.15, -0.1) is 0 Å². The highest BCUT2D eigenvalue weighted by Crippen LogP contribution is 2.16. The van der Waals surface area contributed by atoms with Crippen LogP contribution in [0.3, 0.4) is 0 Å². The number of hydrogen-bond donors (Lipinski definition) is 1. The molecule has 29 heavy (non-hydrogen) atoms. The van der Waals surface area contributed by atoms with Gasteiger partial charge >= 0.3 is 0 Å². The minimum atomic E-state index is -0.555. The molecular formula is C24H32N2O3. The molecule has 0 bridgehead atoms. The lowest BCUT2D eigenvalue weighted by molar-refractivity contribution is -0.141. The van der Waals surface area contributed by atoms with Crippen LogP contribution in [0, 0.1) is 13.8 Å². The molecule has 1 N–H and O–H groups in total. The summed E-state index contributed by atoms with van der Waals surface area (Å²) in [5.41, 5.74) is 3.29. The van der Waals surface area contributed by atoms with Crippen molar-refractivity contribution in [3.63, 3.8) is 0 Å². The van der Waals surface area contributed by atoms with Gasteiger partial charge in [0.1, 0.15) is 11.8 Å². The lowest BCUT2D eigenvalue weighted by Gasteiger charge is -2.28. The molecule has 0 fully saturated rings. The fourth-order valence-corrected chi connectivity index (χ4v) is 3.21. The standard InChI is InChI=1S/C24H32N2O3/c1-5-12-25-24(28)20(4)26(13-11-21-9-7-6-8-10-21)23(27)17-29-22-15-18(2)14-19(3)16-22/h6-10,14-16,20H,5,11-13,17H2,1-4H3,(H,25,28)/t20-/m1/s1. The van der Waals surface area contributed by atoms with Crippen molar-refractivity contribution >= 4 is 11.8 Å². The summed E-state index contributed by atoms with van der Waals surface area (Å²) in [5.74, 6) is 0.334. The number of benzene rings is 2. The first-order valence-electron chi connectivity index (χ1n) is 10.2. The third kappa shape index (κ3) is 7.26. The van der Waals surface area contributed by atoms with E-state index in [1.54, 1.807) is 11.8 Å². The number of rotatable bonds is 10. The summed E-state index contributed by atoms with van der Waals surface area (Å²) in [6.07, 6.45) is 1.54. The van der Waals surface area contributed by atoms with E-state index in [9.17, 15) is 9.59 Å². The molecule has 156 valence electrons. The van der Waals surface area contributed by atoms with Crippen LogP contribution in [0.25, 0.3) is 0 Å². The molecule has 5 nitrogen and oxygen atoms in total. The summed E-state index contributed by atoms with van der Waals surface area (Å²) < 4.78 is 5.75. The van der Waals surface area contributed by atoms with E-state index in [0.717, 1.165) is 23.1 Å². The average Bonchev–Trinajstić information content (AvgIpc) is 2.70. The molecule has 5 heteroatoms. The number of hydrogen-bond acceptors (Lipinski definition) is 3. The Morgan fingerprint density at radius 1 is 1.07 bits per heavy atom. The first kappa shape index (κ1) is 22.5. The van der Waals surface area contributed by atoms with Crippen LogP contribution in [0.2, 0.25) is 0 Å². The summed E-state index contributed by atoms with van der Waals surface area (Å²) in [6.45, 7) is 8.72. The lowest BCUT2D eigenvalue weighted by Crippen LogP contribution is -2.50. The Labute approximate surface area is 174 Å². The van der Waals surface area contributed by atoms with Gasteiger partial charge in [-0.1, -0.05) is 43.3 Å². The second-order valence-electron chi connectivity index (χ2n) is 7.40. The number of nitrogens with one attached hydrogen (secondary N) is 1. The summed E-state index contributed by atoms with van der Waals surface area (Å²) in [7, 11) is 0. The Morgan fingerprint density at radius 3 is 2.34 bits per heavy atom. The highest BCUT2D eigenvalue weighted by Gasteiger charge is 2.25. The third-order valence-corrected chi connectivity index (χ3v) is 4.76. The fourth-order valence-electron chi connectivity index (χ4n) is 3.21. The monoisotopic (exact) mass is 396 g/mol. The molecule has 0 saturated carbocycles. The van der Waals surface area contributed by atoms with Crippen LogP contribution in [-0.2, 0) is 16.0 Å². The molecule has 2 rings (SSSR count). The van der Waals surface area contributed by atoms with Crippen molar-refractivity contribution in [3.05, 3.63) is 65.2 Å². The van der Waals surface area contributed by atoms with E-state index in [2.05, 4.69) is 11.4 Å². The minimum Gasteiger partial charge on any atom is -0.484 e. The molecule has 2 aromatic rings. The molecule has 0 saturated heterocycles. The summed E-state index contributed by atoms with van der Waals surface area (Å²) in [5, 5.41) is 2.88. The molecular weight excluding hydrogens is 364 g/mol. The lowest BCUT2D eigenvalue weighted by atomic mass is 10.1. The number of ether oxygens (including phenoxy) is 1. The van der Waals surface area contributed by atoms with E-state index in [1.165, 1.54) is 0 Å². The van der Waals surface area contributed by atoms with Gasteiger partial charge in [0.05, 0.1) is 0 Å². The summed E-state index contributed by atoms with van der Waals surface area (Å²) in [4.78, 5) is 27.0. The predicted molar refractivity (Wildman–Crippen MR) is 116 cm³/mol. The van der Waals surface area contributed by atoms with Gasteiger partial charge in [-0.3, -0.25) is 9.59 Å². The van der Waals surface area contributed by atoms with Gasteiger partial charge in [-0.05, 0) is 62.4 Å². The second kappa shape index (κ2) is 11.2. The predicted octanol–water partition coefficient (Wildman–Crippen LogP) is 3.67. The molecule has 0 aromatic heterocycles. The molecule has 2 aromatic carbocycles. The van der Waals surface area contributed by atoms with Crippen LogP contribution in [-0.4, -0.2) is 42.5 Å². The van der Waals surface area contributed by atoms with Crippen LogP contribution < -0.4 is 10.1 Å². The molecule has 1 atom stereocenters. The SMILES string of the molecule is CCCNC(=O)[C@@H](C)N(CCc1ccccc1)C(=O)COc1cc(C)cc(C)c1. The highest BCUT2D eigenvalue weighted by atomic mass is 16.5. The molecule has 0 heterocycles. The van der Waals surface area contributed by atoms with E-state index in [-0.39, 0.29) is 18.4 Å². The largest absolute Gasteiger partial charge is 0.484 e. The molecule has 0 aliphatic carbocycles. The maximum Gasteiger partial charge on any atom is 0.261 e. The zero-order chi connectivity index (χ0) is 21.2. The molecule has 0 aliphatic rings. The van der Waals surface area contributed by atoms with Gasteiger partial charge in [0.15, 0.2) is 6.61 Å². The summed E-state index contributed by atoms with van der Waals surface area (Å²) in [6, 6.07) is 15.3. The Kier molecular flexibility index (Phi) is 8.71. The molecule has 0 unspecified atom stereocenters. The molecule has 2 amide bonds. The average molecular weight is 397 g/mol. The zero-order valence-electron chi connectivity index (χ0n) is 17.9. The van der Waals surface area contributed by atoms with E-state index in [1.807, 2.05) is 63.2 Å². The Morgan fingerprint density at radius 2 is 1.72 bits per heavy atom.